The molecule has 3 rings (SSSR count). The molecule has 0 radical (unpaired) electrons. The Labute approximate surface area is 203 Å². The van der Waals surface area contributed by atoms with Crippen molar-refractivity contribution in [2.24, 2.45) is 3.77 Å². The fourth-order valence-electron chi connectivity index (χ4n) is 3.21. The summed E-state index contributed by atoms with van der Waals surface area (Å²) in [4.78, 5) is 8.84. The van der Waals surface area contributed by atoms with Crippen molar-refractivity contribution in [3.05, 3.63) is 42.7 Å². The number of methoxy groups -OCH3 is 1. The van der Waals surface area contributed by atoms with Crippen LogP contribution in [0.25, 0.3) is 10.9 Å². The van der Waals surface area contributed by atoms with Gasteiger partial charge in [0.25, 0.3) is 10.0 Å². The van der Waals surface area contributed by atoms with Crippen LogP contribution in [0.3, 0.4) is 0 Å². The molecule has 0 saturated carbocycles. The van der Waals surface area contributed by atoms with Crippen molar-refractivity contribution >= 4 is 43.1 Å². The molecule has 0 fully saturated rings. The maximum atomic E-state index is 12.4. The van der Waals surface area contributed by atoms with Crippen molar-refractivity contribution < 1.29 is 17.9 Å². The molecule has 1 unspecified atom stereocenters. The van der Waals surface area contributed by atoms with Gasteiger partial charge in [-0.25, -0.2) is 9.97 Å². The number of nitrogens with two attached hydrogens (primary N) is 1. The summed E-state index contributed by atoms with van der Waals surface area (Å²) >= 11 is 0. The van der Waals surface area contributed by atoms with Crippen molar-refractivity contribution in [3.8, 4) is 11.5 Å². The van der Waals surface area contributed by atoms with E-state index in [9.17, 15) is 8.42 Å². The zero-order valence-electron chi connectivity index (χ0n) is 19.8. The van der Waals surface area contributed by atoms with Crippen LogP contribution in [0.5, 0.6) is 11.5 Å². The number of ether oxygens (including phenoxy) is 2. The zero-order chi connectivity index (χ0) is 24.7. The number of benzene rings is 2. The number of aromatic nitrogens is 2. The third-order valence-corrected chi connectivity index (χ3v) is 8.39. The van der Waals surface area contributed by atoms with Crippen LogP contribution in [-0.4, -0.2) is 50.2 Å². The predicted molar refractivity (Wildman–Crippen MR) is 138 cm³/mol. The van der Waals surface area contributed by atoms with Crippen molar-refractivity contribution in [1.82, 2.24) is 9.97 Å². The van der Waals surface area contributed by atoms with Gasteiger partial charge in [-0.05, 0) is 63.3 Å². The highest BCUT2D eigenvalue weighted by molar-refractivity contribution is 7.99. The second-order valence-electron chi connectivity index (χ2n) is 8.02. The lowest BCUT2D eigenvalue weighted by Crippen LogP contribution is -2.11. The average molecular weight is 506 g/mol. The second kappa shape index (κ2) is 11.5. The number of nitrogens with zero attached hydrogens (tertiary/aromatic N) is 3. The van der Waals surface area contributed by atoms with Crippen molar-refractivity contribution in [3.63, 3.8) is 0 Å². The molecule has 184 valence electrons. The van der Waals surface area contributed by atoms with Crippen LogP contribution in [0.4, 0.5) is 11.5 Å². The summed E-state index contributed by atoms with van der Waals surface area (Å²) in [7, 11) is -2.71. The Bertz CT molecular complexity index is 1260. The SMILES string of the molecule is COc1cc2c(NC(C)C)ncnc2cc1OCCCC/S(C)=N/S(=O)(=O)c1ccc(N)cc1. The van der Waals surface area contributed by atoms with Gasteiger partial charge >= 0.3 is 0 Å². The minimum Gasteiger partial charge on any atom is -0.493 e. The molecule has 2 aromatic carbocycles. The summed E-state index contributed by atoms with van der Waals surface area (Å²) in [6.45, 7) is 4.56. The Morgan fingerprint density at radius 1 is 1.12 bits per heavy atom. The Kier molecular flexibility index (Phi) is 8.67. The van der Waals surface area contributed by atoms with Crippen LogP contribution in [0, 0.1) is 0 Å². The molecule has 11 heteroatoms. The molecule has 34 heavy (non-hydrogen) atoms. The number of fused-ring (bicyclic) bond motifs is 1. The molecule has 1 heterocycles. The number of rotatable bonds is 11. The molecule has 0 saturated heterocycles. The molecule has 0 aliphatic rings. The van der Waals surface area contributed by atoms with E-state index in [0.717, 1.165) is 29.6 Å². The monoisotopic (exact) mass is 505 g/mol. The lowest BCUT2D eigenvalue weighted by atomic mass is 10.2. The first kappa shape index (κ1) is 25.7. The lowest BCUT2D eigenvalue weighted by Gasteiger charge is -2.15. The van der Waals surface area contributed by atoms with Crippen LogP contribution in [-0.2, 0) is 20.7 Å². The Hall–Kier alpha value is -2.92. The molecule has 0 bridgehead atoms. The second-order valence-corrected chi connectivity index (χ2v) is 11.6. The third-order valence-electron chi connectivity index (χ3n) is 4.84. The minimum absolute atomic E-state index is 0.156. The third kappa shape index (κ3) is 6.80. The average Bonchev–Trinajstić information content (AvgIpc) is 2.78. The van der Waals surface area contributed by atoms with Crippen LogP contribution < -0.4 is 20.5 Å². The molecular weight excluding hydrogens is 474 g/mol. The fraction of sp³-hybridized carbons (Fsp3) is 0.391. The van der Waals surface area contributed by atoms with E-state index in [0.29, 0.717) is 29.5 Å². The van der Waals surface area contributed by atoms with Gasteiger partial charge < -0.3 is 20.5 Å². The van der Waals surface area contributed by atoms with E-state index >= 15 is 0 Å². The summed E-state index contributed by atoms with van der Waals surface area (Å²) < 4.78 is 40.4. The molecule has 3 aromatic rings. The number of hydrogen-bond acceptors (Lipinski definition) is 8. The molecule has 0 spiro atoms. The summed E-state index contributed by atoms with van der Waals surface area (Å²) in [5, 5.41) is 4.17. The number of sulfonamides is 1. The number of nitrogen functional groups attached to an aromatic ring is 1. The van der Waals surface area contributed by atoms with E-state index in [1.165, 1.54) is 18.5 Å². The van der Waals surface area contributed by atoms with Crippen molar-refractivity contribution in [2.45, 2.75) is 37.6 Å². The van der Waals surface area contributed by atoms with E-state index in [1.54, 1.807) is 19.2 Å². The van der Waals surface area contributed by atoms with Gasteiger partial charge in [0.15, 0.2) is 11.5 Å². The molecule has 1 atom stereocenters. The highest BCUT2D eigenvalue weighted by Crippen LogP contribution is 2.34. The van der Waals surface area contributed by atoms with E-state index in [-0.39, 0.29) is 10.9 Å². The highest BCUT2D eigenvalue weighted by Gasteiger charge is 2.14. The predicted octanol–water partition coefficient (Wildman–Crippen LogP) is 4.02. The maximum absolute atomic E-state index is 12.4. The molecular formula is C23H31N5O4S2. The number of anilines is 2. The van der Waals surface area contributed by atoms with Gasteiger partial charge in [-0.15, -0.1) is 3.77 Å². The van der Waals surface area contributed by atoms with Gasteiger partial charge in [0.2, 0.25) is 0 Å². The largest absolute Gasteiger partial charge is 0.493 e. The van der Waals surface area contributed by atoms with E-state index < -0.39 is 20.7 Å². The normalized spacial score (nSPS) is 12.7. The first-order valence-corrected chi connectivity index (χ1v) is 14.1. The van der Waals surface area contributed by atoms with Gasteiger partial charge in [-0.2, -0.15) is 8.42 Å². The van der Waals surface area contributed by atoms with Crippen molar-refractivity contribution in [1.29, 1.82) is 0 Å². The molecule has 9 nitrogen and oxygen atoms in total. The smallest absolute Gasteiger partial charge is 0.287 e. The standard InChI is InChI=1S/C23H31N5O4S2/c1-16(2)27-23-19-13-21(31-3)22(14-20(19)25-15-26-23)32-11-5-6-12-33(4)28-34(29,30)18-9-7-17(24)8-10-18/h7-10,13-16H,5-6,11-12,24H2,1-4H3,(H,25,26,27). The van der Waals surface area contributed by atoms with Crippen LogP contribution in [0.2, 0.25) is 0 Å². The van der Waals surface area contributed by atoms with E-state index in [4.69, 9.17) is 15.2 Å². The molecule has 3 N–H and O–H groups in total. The van der Waals surface area contributed by atoms with Gasteiger partial charge in [0.05, 0.1) is 24.1 Å². The van der Waals surface area contributed by atoms with Crippen LogP contribution in [0.1, 0.15) is 26.7 Å². The number of unbranched alkanes of at least 4 members (excludes halogenated alkanes) is 1. The Morgan fingerprint density at radius 2 is 1.85 bits per heavy atom. The van der Waals surface area contributed by atoms with Crippen LogP contribution >= 0.6 is 0 Å². The quantitative estimate of drug-likeness (QED) is 0.295. The lowest BCUT2D eigenvalue weighted by molar-refractivity contribution is 0.289. The Morgan fingerprint density at radius 3 is 2.53 bits per heavy atom. The molecule has 0 aliphatic carbocycles. The van der Waals surface area contributed by atoms with E-state index in [1.807, 2.05) is 32.2 Å². The molecule has 0 amide bonds. The van der Waals surface area contributed by atoms with Crippen LogP contribution in [0.15, 0.2) is 51.4 Å². The minimum atomic E-state index is -3.69. The van der Waals surface area contributed by atoms with Gasteiger partial charge in [0.1, 0.15) is 12.1 Å². The first-order chi connectivity index (χ1) is 16.2. The highest BCUT2D eigenvalue weighted by atomic mass is 32.3. The number of hydrogen-bond donors (Lipinski definition) is 2. The summed E-state index contributed by atoms with van der Waals surface area (Å²) in [5.74, 6) is 2.62. The van der Waals surface area contributed by atoms with Crippen molar-refractivity contribution in [2.75, 3.05) is 36.8 Å². The Balaban J connectivity index is 1.58. The van der Waals surface area contributed by atoms with E-state index in [2.05, 4.69) is 19.1 Å². The fourth-order valence-corrected chi connectivity index (χ4v) is 6.29. The van der Waals surface area contributed by atoms with Gasteiger partial charge in [-0.3, -0.25) is 0 Å². The summed E-state index contributed by atoms with van der Waals surface area (Å²) in [6, 6.07) is 10.0. The summed E-state index contributed by atoms with van der Waals surface area (Å²) in [6.07, 6.45) is 4.87. The first-order valence-electron chi connectivity index (χ1n) is 10.9. The summed E-state index contributed by atoms with van der Waals surface area (Å²) in [5.41, 5.74) is 6.90. The van der Waals surface area contributed by atoms with Gasteiger partial charge in [-0.1, -0.05) is 10.7 Å². The zero-order valence-corrected chi connectivity index (χ0v) is 21.4. The number of nitrogens with one attached hydrogen (secondary N) is 1. The maximum Gasteiger partial charge on any atom is 0.287 e. The van der Waals surface area contributed by atoms with Gasteiger partial charge in [0, 0.05) is 28.9 Å². The molecule has 1 aromatic heterocycles. The topological polar surface area (TPSA) is 129 Å². The molecule has 0 aliphatic heterocycles.